The molecule has 0 aliphatic heterocycles. The molecular weight excluding hydrogens is 229 g/mol. The van der Waals surface area contributed by atoms with Gasteiger partial charge in [0.1, 0.15) is 5.82 Å². The van der Waals surface area contributed by atoms with Crippen molar-refractivity contribution in [1.82, 2.24) is 5.32 Å². The largest absolute Gasteiger partial charge is 0.396 e. The Bertz CT molecular complexity index is 333. The van der Waals surface area contributed by atoms with Gasteiger partial charge in [0.2, 0.25) is 0 Å². The van der Waals surface area contributed by atoms with Gasteiger partial charge in [-0.05, 0) is 43.5 Å². The Morgan fingerprint density at radius 2 is 2.25 bits per heavy atom. The molecule has 0 fully saturated rings. The minimum absolute atomic E-state index is 0.201. The Morgan fingerprint density at radius 3 is 2.94 bits per heavy atom. The summed E-state index contributed by atoms with van der Waals surface area (Å²) in [6.07, 6.45) is 1.66. The normalized spacial score (nSPS) is 12.8. The molecule has 0 amide bonds. The van der Waals surface area contributed by atoms with Gasteiger partial charge in [0.25, 0.3) is 0 Å². The molecule has 90 valence electrons. The van der Waals surface area contributed by atoms with Crippen LogP contribution in [0.2, 0.25) is 5.02 Å². The number of aliphatic hydroxyl groups excluding tert-OH is 1. The first-order valence-corrected chi connectivity index (χ1v) is 5.79. The van der Waals surface area contributed by atoms with E-state index in [1.165, 1.54) is 12.1 Å². The van der Waals surface area contributed by atoms with Crippen molar-refractivity contribution in [3.8, 4) is 0 Å². The Morgan fingerprint density at radius 1 is 1.50 bits per heavy atom. The summed E-state index contributed by atoms with van der Waals surface area (Å²) in [5, 5.41) is 12.5. The first-order chi connectivity index (χ1) is 7.63. The van der Waals surface area contributed by atoms with Crippen LogP contribution in [0.15, 0.2) is 18.2 Å². The average Bonchev–Trinajstić information content (AvgIpc) is 2.27. The van der Waals surface area contributed by atoms with Gasteiger partial charge in [0.15, 0.2) is 0 Å². The molecule has 1 atom stereocenters. The molecule has 1 aromatic rings. The van der Waals surface area contributed by atoms with E-state index in [4.69, 9.17) is 16.7 Å². The quantitative estimate of drug-likeness (QED) is 0.808. The van der Waals surface area contributed by atoms with Gasteiger partial charge >= 0.3 is 0 Å². The summed E-state index contributed by atoms with van der Waals surface area (Å²) in [4.78, 5) is 0. The SMILES string of the molecule is CC(CCCO)NCc1cc(F)ccc1Cl. The van der Waals surface area contributed by atoms with E-state index in [1.807, 2.05) is 6.92 Å². The zero-order valence-corrected chi connectivity index (χ0v) is 10.1. The lowest BCUT2D eigenvalue weighted by atomic mass is 10.1. The van der Waals surface area contributed by atoms with Crippen LogP contribution in [0, 0.1) is 5.82 Å². The lowest BCUT2D eigenvalue weighted by Crippen LogP contribution is -2.25. The van der Waals surface area contributed by atoms with Crippen LogP contribution in [0.4, 0.5) is 4.39 Å². The summed E-state index contributed by atoms with van der Waals surface area (Å²) in [5.74, 6) is -0.274. The van der Waals surface area contributed by atoms with Gasteiger partial charge in [-0.25, -0.2) is 4.39 Å². The van der Waals surface area contributed by atoms with E-state index in [9.17, 15) is 4.39 Å². The molecular formula is C12H17ClFNO. The van der Waals surface area contributed by atoms with Crippen molar-refractivity contribution in [2.75, 3.05) is 6.61 Å². The molecule has 4 heteroatoms. The maximum Gasteiger partial charge on any atom is 0.123 e. The Kier molecular flexibility index (Phi) is 5.74. The second-order valence-corrected chi connectivity index (χ2v) is 4.29. The topological polar surface area (TPSA) is 32.3 Å². The Labute approximate surface area is 100 Å². The van der Waals surface area contributed by atoms with Crippen LogP contribution in [-0.4, -0.2) is 17.8 Å². The lowest BCUT2D eigenvalue weighted by Gasteiger charge is -2.13. The molecule has 2 nitrogen and oxygen atoms in total. The van der Waals surface area contributed by atoms with Crippen LogP contribution in [-0.2, 0) is 6.54 Å². The first-order valence-electron chi connectivity index (χ1n) is 5.41. The van der Waals surface area contributed by atoms with Gasteiger partial charge in [0.05, 0.1) is 0 Å². The second kappa shape index (κ2) is 6.84. The van der Waals surface area contributed by atoms with E-state index in [0.717, 1.165) is 18.4 Å². The predicted octanol–water partition coefficient (Wildman–Crippen LogP) is 2.73. The molecule has 0 aromatic heterocycles. The van der Waals surface area contributed by atoms with Crippen LogP contribution in [0.1, 0.15) is 25.3 Å². The average molecular weight is 246 g/mol. The van der Waals surface area contributed by atoms with Crippen molar-refractivity contribution in [1.29, 1.82) is 0 Å². The van der Waals surface area contributed by atoms with Crippen molar-refractivity contribution in [2.45, 2.75) is 32.4 Å². The minimum Gasteiger partial charge on any atom is -0.396 e. The van der Waals surface area contributed by atoms with Gasteiger partial charge in [-0.2, -0.15) is 0 Å². The molecule has 2 N–H and O–H groups in total. The van der Waals surface area contributed by atoms with Gasteiger partial charge in [0, 0.05) is 24.2 Å². The molecule has 0 radical (unpaired) electrons. The molecule has 1 rings (SSSR count). The molecule has 1 aromatic carbocycles. The summed E-state index contributed by atoms with van der Waals surface area (Å²) >= 11 is 5.94. The maximum atomic E-state index is 13.0. The van der Waals surface area contributed by atoms with E-state index in [0.29, 0.717) is 11.6 Å². The van der Waals surface area contributed by atoms with E-state index in [2.05, 4.69) is 5.32 Å². The fraction of sp³-hybridized carbons (Fsp3) is 0.500. The molecule has 0 bridgehead atoms. The van der Waals surface area contributed by atoms with Crippen molar-refractivity contribution in [3.05, 3.63) is 34.6 Å². The molecule has 0 saturated carbocycles. The van der Waals surface area contributed by atoms with E-state index in [1.54, 1.807) is 6.07 Å². The van der Waals surface area contributed by atoms with Gasteiger partial charge in [-0.1, -0.05) is 11.6 Å². The third-order valence-corrected chi connectivity index (χ3v) is 2.81. The molecule has 0 saturated heterocycles. The smallest absolute Gasteiger partial charge is 0.123 e. The van der Waals surface area contributed by atoms with Gasteiger partial charge in [-0.3, -0.25) is 0 Å². The zero-order valence-electron chi connectivity index (χ0n) is 9.34. The Balaban J connectivity index is 2.44. The maximum absolute atomic E-state index is 13.0. The molecule has 0 spiro atoms. The number of benzene rings is 1. The van der Waals surface area contributed by atoms with Crippen molar-refractivity contribution < 1.29 is 9.50 Å². The van der Waals surface area contributed by atoms with E-state index in [-0.39, 0.29) is 18.5 Å². The number of hydrogen-bond donors (Lipinski definition) is 2. The monoisotopic (exact) mass is 245 g/mol. The van der Waals surface area contributed by atoms with Crippen LogP contribution in [0.25, 0.3) is 0 Å². The summed E-state index contributed by atoms with van der Waals surface area (Å²) in [6, 6.07) is 4.63. The molecule has 0 heterocycles. The van der Waals surface area contributed by atoms with E-state index < -0.39 is 0 Å². The molecule has 1 unspecified atom stereocenters. The molecule has 16 heavy (non-hydrogen) atoms. The Hall–Kier alpha value is -0.640. The summed E-state index contributed by atoms with van der Waals surface area (Å²) in [5.41, 5.74) is 0.762. The van der Waals surface area contributed by atoms with Crippen molar-refractivity contribution in [3.63, 3.8) is 0 Å². The van der Waals surface area contributed by atoms with E-state index >= 15 is 0 Å². The lowest BCUT2D eigenvalue weighted by molar-refractivity contribution is 0.276. The summed E-state index contributed by atoms with van der Waals surface area (Å²) in [6.45, 7) is 2.78. The number of aliphatic hydroxyl groups is 1. The van der Waals surface area contributed by atoms with Gasteiger partial charge < -0.3 is 10.4 Å². The fourth-order valence-electron chi connectivity index (χ4n) is 1.46. The second-order valence-electron chi connectivity index (χ2n) is 3.88. The predicted molar refractivity (Wildman–Crippen MR) is 64.0 cm³/mol. The first kappa shape index (κ1) is 13.4. The third kappa shape index (κ3) is 4.47. The highest BCUT2D eigenvalue weighted by atomic mass is 35.5. The molecule has 0 aliphatic rings. The van der Waals surface area contributed by atoms with Crippen LogP contribution >= 0.6 is 11.6 Å². The van der Waals surface area contributed by atoms with Crippen LogP contribution in [0.5, 0.6) is 0 Å². The van der Waals surface area contributed by atoms with Crippen molar-refractivity contribution in [2.24, 2.45) is 0 Å². The number of nitrogens with one attached hydrogen (secondary N) is 1. The highest BCUT2D eigenvalue weighted by Crippen LogP contribution is 2.17. The van der Waals surface area contributed by atoms with Crippen molar-refractivity contribution >= 4 is 11.6 Å². The van der Waals surface area contributed by atoms with Crippen LogP contribution < -0.4 is 5.32 Å². The summed E-state index contributed by atoms with van der Waals surface area (Å²) in [7, 11) is 0. The molecule has 0 aliphatic carbocycles. The fourth-order valence-corrected chi connectivity index (χ4v) is 1.65. The zero-order chi connectivity index (χ0) is 12.0. The summed E-state index contributed by atoms with van der Waals surface area (Å²) < 4.78 is 13.0. The minimum atomic E-state index is -0.274. The van der Waals surface area contributed by atoms with Crippen LogP contribution in [0.3, 0.4) is 0 Å². The number of rotatable bonds is 6. The number of halogens is 2. The van der Waals surface area contributed by atoms with Gasteiger partial charge in [-0.15, -0.1) is 0 Å². The standard InChI is InChI=1S/C12H17ClFNO/c1-9(3-2-6-16)15-8-10-7-11(14)4-5-12(10)13/h4-5,7,9,15-16H,2-3,6,8H2,1H3. The number of hydrogen-bond acceptors (Lipinski definition) is 2. The highest BCUT2D eigenvalue weighted by Gasteiger charge is 2.05. The third-order valence-electron chi connectivity index (χ3n) is 2.44. The highest BCUT2D eigenvalue weighted by molar-refractivity contribution is 6.31.